The molecule has 0 spiro atoms. The quantitative estimate of drug-likeness (QED) is 0.373. The van der Waals surface area contributed by atoms with Crippen molar-refractivity contribution in [2.24, 2.45) is 5.92 Å². The van der Waals surface area contributed by atoms with Crippen LogP contribution in [0, 0.1) is 18.7 Å². The van der Waals surface area contributed by atoms with Crippen LogP contribution in [0.25, 0.3) is 11.0 Å². The Balaban J connectivity index is 1.39. The lowest BCUT2D eigenvalue weighted by atomic mass is 10.0. The second-order valence-corrected chi connectivity index (χ2v) is 11.1. The number of rotatable bonds is 8. The fraction of sp³-hybridized carbons (Fsp3) is 0.419. The predicted octanol–water partition coefficient (Wildman–Crippen LogP) is 4.47. The van der Waals surface area contributed by atoms with Crippen LogP contribution in [0.3, 0.4) is 0 Å². The van der Waals surface area contributed by atoms with E-state index in [9.17, 15) is 23.6 Å². The lowest BCUT2D eigenvalue weighted by Crippen LogP contribution is -2.53. The molecular weight excluding hydrogens is 527 g/mol. The number of furan rings is 1. The molecule has 0 unspecified atom stereocenters. The predicted molar refractivity (Wildman–Crippen MR) is 153 cm³/mol. The minimum Gasteiger partial charge on any atom is -0.451 e. The van der Waals surface area contributed by atoms with Gasteiger partial charge in [0.15, 0.2) is 11.5 Å². The standard InChI is InChI=1S/C31H37FN4O5/c1-18(2)14-25(35-30(39)27-15-21-10-7-8-19(3)28(21)41-27)29(38)34-24-13-12-20(4)36(17-26(24)37)31(40)33-16-22-9-5-6-11-23(22)32/h5-11,15,18,20,24-25H,12-14,16-17H2,1-4H3,(H,33,40)(H,34,38)(H,35,39)/t20-,24+,25+/m1/s1. The summed E-state index contributed by atoms with van der Waals surface area (Å²) in [6.07, 6.45) is 1.18. The van der Waals surface area contributed by atoms with Crippen LogP contribution in [-0.2, 0) is 16.1 Å². The summed E-state index contributed by atoms with van der Waals surface area (Å²) in [5.41, 5.74) is 1.85. The topological polar surface area (TPSA) is 121 Å². The van der Waals surface area contributed by atoms with Gasteiger partial charge in [-0.15, -0.1) is 0 Å². The molecule has 1 aromatic heterocycles. The van der Waals surface area contributed by atoms with Crippen molar-refractivity contribution < 1.29 is 28.0 Å². The summed E-state index contributed by atoms with van der Waals surface area (Å²) in [4.78, 5) is 53.9. The summed E-state index contributed by atoms with van der Waals surface area (Å²) < 4.78 is 19.7. The minimum absolute atomic E-state index is 0.00946. The molecule has 4 rings (SSSR count). The summed E-state index contributed by atoms with van der Waals surface area (Å²) in [7, 11) is 0. The maximum atomic E-state index is 14.0. The maximum Gasteiger partial charge on any atom is 0.318 e. The molecule has 2 heterocycles. The highest BCUT2D eigenvalue weighted by atomic mass is 19.1. The number of carbonyl (C=O) groups is 4. The van der Waals surface area contributed by atoms with Crippen LogP contribution in [0.2, 0.25) is 0 Å². The van der Waals surface area contributed by atoms with Crippen molar-refractivity contribution in [2.75, 3.05) is 6.54 Å². The number of hydrogen-bond acceptors (Lipinski definition) is 5. The number of halogens is 1. The van der Waals surface area contributed by atoms with Crippen molar-refractivity contribution in [3.05, 3.63) is 71.2 Å². The van der Waals surface area contributed by atoms with Gasteiger partial charge in [0.2, 0.25) is 5.91 Å². The molecule has 0 radical (unpaired) electrons. The van der Waals surface area contributed by atoms with E-state index < -0.39 is 35.7 Å². The van der Waals surface area contributed by atoms with E-state index in [0.717, 1.165) is 10.9 Å². The van der Waals surface area contributed by atoms with E-state index >= 15 is 0 Å². The lowest BCUT2D eigenvalue weighted by Gasteiger charge is -2.26. The third kappa shape index (κ3) is 7.31. The van der Waals surface area contributed by atoms with E-state index in [-0.39, 0.29) is 36.6 Å². The Hall–Kier alpha value is -4.21. The number of nitrogens with one attached hydrogen (secondary N) is 3. The molecule has 0 saturated carbocycles. The van der Waals surface area contributed by atoms with Crippen molar-refractivity contribution in [3.63, 3.8) is 0 Å². The summed E-state index contributed by atoms with van der Waals surface area (Å²) >= 11 is 0. The smallest absolute Gasteiger partial charge is 0.318 e. The number of aryl methyl sites for hydroxylation is 1. The highest BCUT2D eigenvalue weighted by Crippen LogP contribution is 2.23. The molecule has 4 amide bonds. The van der Waals surface area contributed by atoms with Crippen LogP contribution in [-0.4, -0.2) is 53.2 Å². The van der Waals surface area contributed by atoms with Crippen LogP contribution in [0.1, 0.15) is 61.7 Å². The summed E-state index contributed by atoms with van der Waals surface area (Å²) in [5.74, 6) is -1.53. The highest BCUT2D eigenvalue weighted by Gasteiger charge is 2.34. The fourth-order valence-electron chi connectivity index (χ4n) is 5.02. The Kier molecular flexibility index (Phi) is 9.42. The Bertz CT molecular complexity index is 1430. The molecule has 1 saturated heterocycles. The number of fused-ring (bicyclic) bond motifs is 1. The third-order valence-corrected chi connectivity index (χ3v) is 7.38. The molecule has 1 aliphatic heterocycles. The van der Waals surface area contributed by atoms with E-state index in [4.69, 9.17) is 4.42 Å². The molecule has 1 aliphatic rings. The molecule has 2 aromatic carbocycles. The average molecular weight is 565 g/mol. The maximum absolute atomic E-state index is 14.0. The lowest BCUT2D eigenvalue weighted by molar-refractivity contribution is -0.129. The number of likely N-dealkylation sites (tertiary alicyclic amines) is 1. The molecule has 218 valence electrons. The van der Waals surface area contributed by atoms with Crippen molar-refractivity contribution >= 4 is 34.6 Å². The second kappa shape index (κ2) is 13.0. The van der Waals surface area contributed by atoms with E-state index in [1.165, 1.54) is 11.0 Å². The van der Waals surface area contributed by atoms with Crippen molar-refractivity contribution in [1.29, 1.82) is 0 Å². The van der Waals surface area contributed by atoms with Gasteiger partial charge in [-0.3, -0.25) is 14.4 Å². The monoisotopic (exact) mass is 564 g/mol. The van der Waals surface area contributed by atoms with Gasteiger partial charge in [-0.2, -0.15) is 0 Å². The highest BCUT2D eigenvalue weighted by molar-refractivity contribution is 6.00. The van der Waals surface area contributed by atoms with Gasteiger partial charge in [0.25, 0.3) is 5.91 Å². The zero-order valence-electron chi connectivity index (χ0n) is 23.8. The van der Waals surface area contributed by atoms with Gasteiger partial charge in [0, 0.05) is 23.5 Å². The molecule has 3 N–H and O–H groups in total. The fourth-order valence-corrected chi connectivity index (χ4v) is 5.02. The number of hydrogen-bond donors (Lipinski definition) is 3. The van der Waals surface area contributed by atoms with Gasteiger partial charge < -0.3 is 25.3 Å². The van der Waals surface area contributed by atoms with Gasteiger partial charge in [0.05, 0.1) is 12.6 Å². The molecular formula is C31H37FN4O5. The van der Waals surface area contributed by atoms with Gasteiger partial charge in [0.1, 0.15) is 17.4 Å². The number of nitrogens with zero attached hydrogens (tertiary/aromatic N) is 1. The molecule has 0 bridgehead atoms. The number of Topliss-reactive ketones (excluding diaryl/α,β-unsaturated/α-hetero) is 1. The van der Waals surface area contributed by atoms with Crippen molar-refractivity contribution in [3.8, 4) is 0 Å². The van der Waals surface area contributed by atoms with E-state index in [1.807, 2.05) is 45.9 Å². The summed E-state index contributed by atoms with van der Waals surface area (Å²) in [5, 5.41) is 9.06. The van der Waals surface area contributed by atoms with Crippen LogP contribution in [0.5, 0.6) is 0 Å². The molecule has 3 atom stereocenters. The molecule has 0 aliphatic carbocycles. The number of benzene rings is 2. The van der Waals surface area contributed by atoms with Crippen LogP contribution < -0.4 is 16.0 Å². The van der Waals surface area contributed by atoms with Gasteiger partial charge in [-0.1, -0.05) is 50.2 Å². The summed E-state index contributed by atoms with van der Waals surface area (Å²) in [6, 6.07) is 11.0. The SMILES string of the molecule is Cc1cccc2cc(C(=O)N[C@@H](CC(C)C)C(=O)N[C@H]3CC[C@@H](C)N(C(=O)NCc4ccccc4F)CC3=O)oc12. The number of carbonyl (C=O) groups excluding carboxylic acids is 4. The Morgan fingerprint density at radius 3 is 2.56 bits per heavy atom. The van der Waals surface area contributed by atoms with Crippen LogP contribution in [0.4, 0.5) is 9.18 Å². The normalized spacial score (nSPS) is 18.2. The van der Waals surface area contributed by atoms with Crippen LogP contribution >= 0.6 is 0 Å². The number of urea groups is 1. The van der Waals surface area contributed by atoms with Crippen molar-refractivity contribution in [2.45, 2.75) is 71.6 Å². The molecule has 10 heteroatoms. The van der Waals surface area contributed by atoms with Gasteiger partial charge in [-0.05, 0) is 56.7 Å². The van der Waals surface area contributed by atoms with E-state index in [1.54, 1.807) is 24.3 Å². The third-order valence-electron chi connectivity index (χ3n) is 7.38. The minimum atomic E-state index is -0.884. The second-order valence-electron chi connectivity index (χ2n) is 11.1. The number of amides is 4. The Labute approximate surface area is 238 Å². The zero-order valence-corrected chi connectivity index (χ0v) is 23.8. The Morgan fingerprint density at radius 2 is 1.85 bits per heavy atom. The van der Waals surface area contributed by atoms with Crippen molar-refractivity contribution in [1.82, 2.24) is 20.9 Å². The van der Waals surface area contributed by atoms with E-state index in [0.29, 0.717) is 30.4 Å². The first-order chi connectivity index (χ1) is 19.5. The number of ketones is 1. The average Bonchev–Trinajstić information content (AvgIpc) is 3.32. The van der Waals surface area contributed by atoms with Gasteiger partial charge in [-0.25, -0.2) is 9.18 Å². The first kappa shape index (κ1) is 29.8. The van der Waals surface area contributed by atoms with E-state index in [2.05, 4.69) is 16.0 Å². The molecule has 1 fully saturated rings. The molecule has 41 heavy (non-hydrogen) atoms. The Morgan fingerprint density at radius 1 is 1.10 bits per heavy atom. The first-order valence-electron chi connectivity index (χ1n) is 13.9. The number of para-hydroxylation sites is 1. The van der Waals surface area contributed by atoms with Gasteiger partial charge >= 0.3 is 6.03 Å². The first-order valence-corrected chi connectivity index (χ1v) is 13.9. The molecule has 9 nitrogen and oxygen atoms in total. The zero-order chi connectivity index (χ0) is 29.7. The largest absolute Gasteiger partial charge is 0.451 e. The molecule has 3 aromatic rings. The van der Waals surface area contributed by atoms with Crippen LogP contribution in [0.15, 0.2) is 52.9 Å². The summed E-state index contributed by atoms with van der Waals surface area (Å²) in [6.45, 7) is 7.39.